The molecule has 0 aliphatic heterocycles. The molecule has 2 nitrogen and oxygen atoms in total. The Labute approximate surface area is 102 Å². The summed E-state index contributed by atoms with van der Waals surface area (Å²) >= 11 is 0. The molecule has 0 saturated heterocycles. The number of carbonyl (C=O) groups is 1. The zero-order valence-corrected chi connectivity index (χ0v) is 10.2. The van der Waals surface area contributed by atoms with Crippen molar-refractivity contribution in [2.24, 2.45) is 5.41 Å². The van der Waals surface area contributed by atoms with Crippen LogP contribution in [0.4, 0.5) is 0 Å². The Morgan fingerprint density at radius 2 is 2.00 bits per heavy atom. The topological polar surface area (TPSA) is 37.3 Å². The number of aliphatic hydroxyl groups excluding tert-OH is 1. The maximum Gasteiger partial charge on any atom is 0.169 e. The Kier molecular flexibility index (Phi) is 2.37. The van der Waals surface area contributed by atoms with E-state index in [-0.39, 0.29) is 11.5 Å². The van der Waals surface area contributed by atoms with Crippen LogP contribution in [0, 0.1) is 12.3 Å². The van der Waals surface area contributed by atoms with Crippen molar-refractivity contribution in [3.63, 3.8) is 0 Å². The third kappa shape index (κ3) is 1.62. The van der Waals surface area contributed by atoms with Gasteiger partial charge in [-0.25, -0.2) is 0 Å². The number of hydrogen-bond donors (Lipinski definition) is 1. The molecule has 0 unspecified atom stereocenters. The van der Waals surface area contributed by atoms with Crippen molar-refractivity contribution in [3.8, 4) is 0 Å². The predicted molar refractivity (Wildman–Crippen MR) is 66.1 cm³/mol. The Morgan fingerprint density at radius 3 is 2.71 bits per heavy atom. The first-order chi connectivity index (χ1) is 8.11. The summed E-state index contributed by atoms with van der Waals surface area (Å²) in [5.41, 5.74) is 3.11. The molecule has 0 bridgehead atoms. The SMILES string of the molecule is Cc1ccc2c(c1)C(=O)C1(CCC(O)CC1)C2. The quantitative estimate of drug-likeness (QED) is 0.744. The zero-order valence-electron chi connectivity index (χ0n) is 10.2. The molecule has 1 fully saturated rings. The van der Waals surface area contributed by atoms with Gasteiger partial charge in [0, 0.05) is 11.0 Å². The Bertz CT molecular complexity index is 468. The van der Waals surface area contributed by atoms with Crippen LogP contribution >= 0.6 is 0 Å². The number of aliphatic hydroxyl groups is 1. The summed E-state index contributed by atoms with van der Waals surface area (Å²) in [6, 6.07) is 6.21. The molecule has 2 heteroatoms. The van der Waals surface area contributed by atoms with Gasteiger partial charge in [-0.05, 0) is 50.7 Å². The highest BCUT2D eigenvalue weighted by atomic mass is 16.3. The van der Waals surface area contributed by atoms with Crippen molar-refractivity contribution in [2.75, 3.05) is 0 Å². The number of benzene rings is 1. The minimum atomic E-state index is -0.195. The Hall–Kier alpha value is -1.15. The van der Waals surface area contributed by atoms with Crippen LogP contribution in [0.2, 0.25) is 0 Å². The molecule has 2 aliphatic rings. The first kappa shape index (κ1) is 11.0. The first-order valence-electron chi connectivity index (χ1n) is 6.43. The Balaban J connectivity index is 1.96. The number of Topliss-reactive ketones (excluding diaryl/α,β-unsaturated/α-hetero) is 1. The van der Waals surface area contributed by atoms with Gasteiger partial charge in [0.05, 0.1) is 6.10 Å². The molecule has 0 amide bonds. The van der Waals surface area contributed by atoms with E-state index < -0.39 is 0 Å². The van der Waals surface area contributed by atoms with Gasteiger partial charge in [0.1, 0.15) is 0 Å². The number of ketones is 1. The second kappa shape index (κ2) is 3.67. The van der Waals surface area contributed by atoms with E-state index in [0.29, 0.717) is 5.78 Å². The van der Waals surface area contributed by atoms with Crippen LogP contribution < -0.4 is 0 Å². The van der Waals surface area contributed by atoms with Crippen LogP contribution in [0.15, 0.2) is 18.2 Å². The molecule has 1 aromatic carbocycles. The highest BCUT2D eigenvalue weighted by Gasteiger charge is 2.46. The minimum Gasteiger partial charge on any atom is -0.393 e. The van der Waals surface area contributed by atoms with Gasteiger partial charge < -0.3 is 5.11 Å². The van der Waals surface area contributed by atoms with Crippen molar-refractivity contribution >= 4 is 5.78 Å². The van der Waals surface area contributed by atoms with Gasteiger partial charge in [-0.3, -0.25) is 4.79 Å². The molecule has 2 aliphatic carbocycles. The van der Waals surface area contributed by atoms with E-state index in [2.05, 4.69) is 12.1 Å². The van der Waals surface area contributed by atoms with Crippen LogP contribution in [0.5, 0.6) is 0 Å². The van der Waals surface area contributed by atoms with Gasteiger partial charge in [-0.2, -0.15) is 0 Å². The molecule has 1 N–H and O–H groups in total. The van der Waals surface area contributed by atoms with Gasteiger partial charge in [-0.1, -0.05) is 17.7 Å². The van der Waals surface area contributed by atoms with E-state index in [1.165, 1.54) is 5.56 Å². The van der Waals surface area contributed by atoms with Crippen molar-refractivity contribution in [3.05, 3.63) is 34.9 Å². The predicted octanol–water partition coefficient (Wildman–Crippen LogP) is 2.66. The zero-order chi connectivity index (χ0) is 12.0. The lowest BCUT2D eigenvalue weighted by atomic mass is 9.70. The molecule has 0 aromatic heterocycles. The fraction of sp³-hybridized carbons (Fsp3) is 0.533. The molecular formula is C15H18O2. The van der Waals surface area contributed by atoms with Crippen molar-refractivity contribution in [1.82, 2.24) is 0 Å². The number of aryl methyl sites for hydroxylation is 1. The van der Waals surface area contributed by atoms with Gasteiger partial charge in [0.15, 0.2) is 5.78 Å². The first-order valence-corrected chi connectivity index (χ1v) is 6.43. The van der Waals surface area contributed by atoms with E-state index in [0.717, 1.165) is 43.2 Å². The van der Waals surface area contributed by atoms with E-state index >= 15 is 0 Å². The van der Waals surface area contributed by atoms with Crippen LogP contribution in [0.1, 0.15) is 47.2 Å². The number of rotatable bonds is 0. The molecule has 1 aromatic rings. The second-order valence-electron chi connectivity index (χ2n) is 5.68. The molecule has 90 valence electrons. The van der Waals surface area contributed by atoms with Crippen molar-refractivity contribution in [1.29, 1.82) is 0 Å². The molecule has 1 saturated carbocycles. The average molecular weight is 230 g/mol. The molecule has 0 heterocycles. The number of carbonyl (C=O) groups excluding carboxylic acids is 1. The van der Waals surface area contributed by atoms with Gasteiger partial charge in [-0.15, -0.1) is 0 Å². The number of hydrogen-bond acceptors (Lipinski definition) is 2. The van der Waals surface area contributed by atoms with Gasteiger partial charge in [0.25, 0.3) is 0 Å². The van der Waals surface area contributed by atoms with Crippen LogP contribution in [0.25, 0.3) is 0 Å². The van der Waals surface area contributed by atoms with E-state index in [4.69, 9.17) is 0 Å². The van der Waals surface area contributed by atoms with E-state index in [1.54, 1.807) is 0 Å². The maximum atomic E-state index is 12.6. The fourth-order valence-electron chi connectivity index (χ4n) is 3.35. The average Bonchev–Trinajstić information content (AvgIpc) is 2.58. The Morgan fingerprint density at radius 1 is 1.29 bits per heavy atom. The highest BCUT2D eigenvalue weighted by molar-refractivity contribution is 6.05. The summed E-state index contributed by atoms with van der Waals surface area (Å²) in [6.07, 6.45) is 3.94. The summed E-state index contributed by atoms with van der Waals surface area (Å²) in [4.78, 5) is 12.6. The fourth-order valence-corrected chi connectivity index (χ4v) is 3.35. The van der Waals surface area contributed by atoms with E-state index in [9.17, 15) is 9.90 Å². The van der Waals surface area contributed by atoms with Crippen LogP contribution in [-0.2, 0) is 6.42 Å². The third-order valence-corrected chi connectivity index (χ3v) is 4.43. The van der Waals surface area contributed by atoms with Crippen LogP contribution in [0.3, 0.4) is 0 Å². The standard InChI is InChI=1S/C15H18O2/c1-10-2-3-11-9-15(14(17)13(11)8-10)6-4-12(16)5-7-15/h2-3,8,12,16H,4-7,9H2,1H3. The number of fused-ring (bicyclic) bond motifs is 1. The molecule has 0 radical (unpaired) electrons. The summed E-state index contributed by atoms with van der Waals surface area (Å²) in [6.45, 7) is 2.03. The lowest BCUT2D eigenvalue weighted by Gasteiger charge is -2.33. The third-order valence-electron chi connectivity index (χ3n) is 4.43. The monoisotopic (exact) mass is 230 g/mol. The van der Waals surface area contributed by atoms with Crippen molar-refractivity contribution in [2.45, 2.75) is 45.1 Å². The van der Waals surface area contributed by atoms with Crippen LogP contribution in [-0.4, -0.2) is 17.0 Å². The summed E-state index contributed by atoms with van der Waals surface area (Å²) in [5.74, 6) is 0.322. The van der Waals surface area contributed by atoms with E-state index in [1.807, 2.05) is 13.0 Å². The molecule has 3 rings (SSSR count). The molecule has 1 spiro atoms. The van der Waals surface area contributed by atoms with Gasteiger partial charge in [0.2, 0.25) is 0 Å². The summed E-state index contributed by atoms with van der Waals surface area (Å²) in [5, 5.41) is 9.59. The lowest BCUT2D eigenvalue weighted by molar-refractivity contribution is 0.0513. The molecule has 0 atom stereocenters. The summed E-state index contributed by atoms with van der Waals surface area (Å²) < 4.78 is 0. The smallest absolute Gasteiger partial charge is 0.169 e. The largest absolute Gasteiger partial charge is 0.393 e. The second-order valence-corrected chi connectivity index (χ2v) is 5.68. The summed E-state index contributed by atoms with van der Waals surface area (Å²) in [7, 11) is 0. The molecule has 17 heavy (non-hydrogen) atoms. The molecular weight excluding hydrogens is 212 g/mol. The lowest BCUT2D eigenvalue weighted by Crippen LogP contribution is -2.34. The normalized spacial score (nSPS) is 31.9. The minimum absolute atomic E-state index is 0.185. The highest BCUT2D eigenvalue weighted by Crippen LogP contribution is 2.47. The van der Waals surface area contributed by atoms with Gasteiger partial charge >= 0.3 is 0 Å². The maximum absolute atomic E-state index is 12.6. The van der Waals surface area contributed by atoms with Crippen molar-refractivity contribution < 1.29 is 9.90 Å².